The van der Waals surface area contributed by atoms with Gasteiger partial charge in [0, 0.05) is 81.6 Å². The Bertz CT molecular complexity index is 1880. The molecule has 0 heterocycles. The number of ether oxygens (including phenoxy) is 2. The molecule has 0 amide bonds. The summed E-state index contributed by atoms with van der Waals surface area (Å²) in [6.45, 7) is 3.06. The maximum Gasteiger partial charge on any atom is 0.295 e. The molecule has 7 nitrogen and oxygen atoms in total. The standard InChI is InChI=1S/C41H44N2O5S/c1-47-31-13-11-29-42(35-15-5-3-6-16-35)37-25-21-33(22-26-37)41(39-19-9-10-20-40(39)49(44,45)46)34-23-27-38(28-24-34)43(30-12-14-32-48-2)36-17-7-4-8-18-36/h3-10,15-28H,11-14,29-32H2,1-2H3/p+1. The molecule has 1 aliphatic rings. The Morgan fingerprint density at radius 3 is 1.88 bits per heavy atom. The SMILES string of the molecule is COCCCCN(c1ccccc1)c1ccc(C(=C2C=CC(=[N+](CCCCOC)c3ccccc3)C=C2)c2ccccc2S(=O)(=O)O)cc1. The molecule has 1 aliphatic carbocycles. The number of hydrogen-bond donors (Lipinski definition) is 1. The molecule has 5 rings (SSSR count). The average Bonchev–Trinajstić information content (AvgIpc) is 3.13. The topological polar surface area (TPSA) is 79.1 Å². The molecule has 254 valence electrons. The summed E-state index contributed by atoms with van der Waals surface area (Å²) in [6, 6.07) is 35.4. The van der Waals surface area contributed by atoms with Crippen molar-refractivity contribution in [2.45, 2.75) is 30.6 Å². The monoisotopic (exact) mass is 677 g/mol. The van der Waals surface area contributed by atoms with Gasteiger partial charge >= 0.3 is 0 Å². The van der Waals surface area contributed by atoms with E-state index in [2.05, 4.69) is 58.0 Å². The van der Waals surface area contributed by atoms with Gasteiger partial charge in [-0.15, -0.1) is 0 Å². The van der Waals surface area contributed by atoms with Gasteiger partial charge in [-0.1, -0.05) is 66.7 Å². The van der Waals surface area contributed by atoms with E-state index in [1.54, 1.807) is 32.4 Å². The number of nitrogens with zero attached hydrogens (tertiary/aromatic N) is 2. The second kappa shape index (κ2) is 17.7. The van der Waals surface area contributed by atoms with Gasteiger partial charge in [0.2, 0.25) is 11.4 Å². The Balaban J connectivity index is 1.58. The summed E-state index contributed by atoms with van der Waals surface area (Å²) in [5, 5.41) is 0. The van der Waals surface area contributed by atoms with Gasteiger partial charge in [-0.05, 0) is 78.5 Å². The minimum Gasteiger partial charge on any atom is -0.385 e. The Morgan fingerprint density at radius 2 is 1.24 bits per heavy atom. The number of unbranched alkanes of at least 4 members (excludes halogenated alkanes) is 2. The molecule has 4 aromatic rings. The number of allylic oxidation sites excluding steroid dienone is 5. The third-order valence-electron chi connectivity index (χ3n) is 8.47. The van der Waals surface area contributed by atoms with Crippen LogP contribution in [0, 0.1) is 0 Å². The van der Waals surface area contributed by atoms with Gasteiger partial charge < -0.3 is 14.4 Å². The van der Waals surface area contributed by atoms with E-state index in [0.29, 0.717) is 24.4 Å². The third kappa shape index (κ3) is 9.52. The lowest BCUT2D eigenvalue weighted by atomic mass is 9.90. The first kappa shape index (κ1) is 35.7. The van der Waals surface area contributed by atoms with Crippen LogP contribution in [0.1, 0.15) is 36.8 Å². The Hall–Kier alpha value is -4.60. The molecule has 0 aromatic heterocycles. The van der Waals surface area contributed by atoms with E-state index in [0.717, 1.165) is 72.7 Å². The molecule has 0 radical (unpaired) electrons. The summed E-state index contributed by atoms with van der Waals surface area (Å²) >= 11 is 0. The highest BCUT2D eigenvalue weighted by Gasteiger charge is 2.23. The van der Waals surface area contributed by atoms with Crippen molar-refractivity contribution in [2.75, 3.05) is 45.4 Å². The van der Waals surface area contributed by atoms with Crippen molar-refractivity contribution in [3.8, 4) is 0 Å². The van der Waals surface area contributed by atoms with Crippen LogP contribution in [-0.4, -0.2) is 63.8 Å². The number of hydrogen-bond acceptors (Lipinski definition) is 5. The van der Waals surface area contributed by atoms with Crippen LogP contribution in [-0.2, 0) is 19.6 Å². The quantitative estimate of drug-likeness (QED) is 0.0727. The lowest BCUT2D eigenvalue weighted by Crippen LogP contribution is -2.18. The number of anilines is 2. The van der Waals surface area contributed by atoms with Crippen LogP contribution >= 0.6 is 0 Å². The molecule has 49 heavy (non-hydrogen) atoms. The molecule has 0 unspecified atom stereocenters. The summed E-state index contributed by atoms with van der Waals surface area (Å²) < 4.78 is 48.4. The van der Waals surface area contributed by atoms with Gasteiger partial charge in [0.15, 0.2) is 0 Å². The smallest absolute Gasteiger partial charge is 0.295 e. The number of methoxy groups -OCH3 is 2. The first-order valence-corrected chi connectivity index (χ1v) is 18.1. The van der Waals surface area contributed by atoms with E-state index in [9.17, 15) is 13.0 Å². The van der Waals surface area contributed by atoms with E-state index >= 15 is 0 Å². The predicted molar refractivity (Wildman–Crippen MR) is 199 cm³/mol. The summed E-state index contributed by atoms with van der Waals surface area (Å²) in [6.07, 6.45) is 12.0. The summed E-state index contributed by atoms with van der Waals surface area (Å²) in [7, 11) is -1.05. The first-order valence-electron chi connectivity index (χ1n) is 16.7. The van der Waals surface area contributed by atoms with E-state index in [1.807, 2.05) is 60.7 Å². The fraction of sp³-hybridized carbons (Fsp3) is 0.244. The van der Waals surface area contributed by atoms with Gasteiger partial charge in [-0.25, -0.2) is 0 Å². The van der Waals surface area contributed by atoms with Crippen LogP contribution in [0.2, 0.25) is 0 Å². The van der Waals surface area contributed by atoms with E-state index in [4.69, 9.17) is 9.47 Å². The molecular weight excluding hydrogens is 633 g/mol. The van der Waals surface area contributed by atoms with Crippen LogP contribution in [0.3, 0.4) is 0 Å². The van der Waals surface area contributed by atoms with Crippen molar-refractivity contribution in [3.63, 3.8) is 0 Å². The van der Waals surface area contributed by atoms with Crippen LogP contribution < -0.4 is 4.90 Å². The van der Waals surface area contributed by atoms with Gasteiger partial charge in [-0.3, -0.25) is 4.55 Å². The largest absolute Gasteiger partial charge is 0.385 e. The van der Waals surface area contributed by atoms with E-state index in [-0.39, 0.29) is 4.90 Å². The molecule has 0 aliphatic heterocycles. The number of benzene rings is 4. The van der Waals surface area contributed by atoms with Gasteiger partial charge in [-0.2, -0.15) is 13.0 Å². The van der Waals surface area contributed by atoms with Gasteiger partial charge in [0.05, 0.1) is 0 Å². The van der Waals surface area contributed by atoms with Crippen LogP contribution in [0.5, 0.6) is 0 Å². The van der Waals surface area contributed by atoms with Gasteiger partial charge in [0.1, 0.15) is 11.4 Å². The highest BCUT2D eigenvalue weighted by atomic mass is 32.2. The van der Waals surface area contributed by atoms with Crippen LogP contribution in [0.15, 0.2) is 144 Å². The van der Waals surface area contributed by atoms with E-state index in [1.165, 1.54) is 6.07 Å². The van der Waals surface area contributed by atoms with E-state index < -0.39 is 10.1 Å². The zero-order chi connectivity index (χ0) is 34.5. The fourth-order valence-electron chi connectivity index (χ4n) is 6.05. The molecular formula is C41H45N2O5S+. The predicted octanol–water partition coefficient (Wildman–Crippen LogP) is 8.64. The summed E-state index contributed by atoms with van der Waals surface area (Å²) in [5.41, 5.74) is 7.05. The van der Waals surface area contributed by atoms with Crippen LogP contribution in [0.4, 0.5) is 17.1 Å². The normalized spacial score (nSPS) is 12.7. The van der Waals surface area contributed by atoms with Crippen LogP contribution in [0.25, 0.3) is 5.57 Å². The first-order chi connectivity index (χ1) is 23.9. The van der Waals surface area contributed by atoms with Crippen molar-refractivity contribution in [1.29, 1.82) is 0 Å². The molecule has 0 atom stereocenters. The lowest BCUT2D eigenvalue weighted by molar-refractivity contribution is -0.439. The van der Waals surface area contributed by atoms with Crippen molar-refractivity contribution in [1.82, 2.24) is 0 Å². The molecule has 0 spiro atoms. The second-order valence-corrected chi connectivity index (χ2v) is 13.2. The number of para-hydroxylation sites is 2. The van der Waals surface area contributed by atoms with Crippen molar-refractivity contribution in [3.05, 3.63) is 150 Å². The molecule has 4 aromatic carbocycles. The maximum atomic E-state index is 12.6. The van der Waals surface area contributed by atoms with Crippen molar-refractivity contribution in [2.24, 2.45) is 0 Å². The molecule has 8 heteroatoms. The molecule has 0 bridgehead atoms. The average molecular weight is 678 g/mol. The molecule has 0 saturated carbocycles. The fourth-order valence-corrected chi connectivity index (χ4v) is 6.75. The highest BCUT2D eigenvalue weighted by Crippen LogP contribution is 2.35. The zero-order valence-corrected chi connectivity index (χ0v) is 29.1. The van der Waals surface area contributed by atoms with Crippen molar-refractivity contribution < 1.29 is 27.0 Å². The summed E-state index contributed by atoms with van der Waals surface area (Å²) in [5.74, 6) is 0. The lowest BCUT2D eigenvalue weighted by Gasteiger charge is -2.26. The Morgan fingerprint density at radius 1 is 0.673 bits per heavy atom. The minimum atomic E-state index is -4.50. The zero-order valence-electron chi connectivity index (χ0n) is 28.2. The van der Waals surface area contributed by atoms with Crippen molar-refractivity contribution >= 4 is 38.5 Å². The number of rotatable bonds is 16. The maximum absolute atomic E-state index is 12.6. The third-order valence-corrected chi connectivity index (χ3v) is 9.38. The Kier molecular flexibility index (Phi) is 12.9. The highest BCUT2D eigenvalue weighted by molar-refractivity contribution is 7.86. The molecule has 0 fully saturated rings. The van der Waals surface area contributed by atoms with Gasteiger partial charge in [0.25, 0.3) is 10.1 Å². The summed E-state index contributed by atoms with van der Waals surface area (Å²) in [4.78, 5) is 2.15. The second-order valence-electron chi connectivity index (χ2n) is 11.8. The minimum absolute atomic E-state index is 0.133. The molecule has 0 saturated heterocycles. The molecule has 1 N–H and O–H groups in total. The Labute approximate surface area is 290 Å².